The van der Waals surface area contributed by atoms with Gasteiger partial charge in [-0.25, -0.2) is 21.1 Å². The van der Waals surface area contributed by atoms with Crippen molar-refractivity contribution >= 4 is 19.9 Å². The highest BCUT2D eigenvalue weighted by Crippen LogP contribution is 2.19. The molecule has 0 bridgehead atoms. The van der Waals surface area contributed by atoms with Crippen molar-refractivity contribution in [2.45, 2.75) is 0 Å². The Hall–Kier alpha value is -0.180. The third-order valence-electron chi connectivity index (χ3n) is 2.01. The van der Waals surface area contributed by atoms with Crippen LogP contribution in [0.3, 0.4) is 0 Å². The molecule has 84 valence electrons. The molecule has 1 aliphatic heterocycles. The van der Waals surface area contributed by atoms with Crippen LogP contribution in [0.2, 0.25) is 0 Å². The summed E-state index contributed by atoms with van der Waals surface area (Å²) in [6, 6.07) is 0. The number of rotatable bonds is 4. The van der Waals surface area contributed by atoms with Crippen LogP contribution >= 0.6 is 0 Å². The van der Waals surface area contributed by atoms with Crippen LogP contribution < -0.4 is 5.73 Å². The van der Waals surface area contributed by atoms with Crippen LogP contribution in [-0.2, 0) is 19.9 Å². The van der Waals surface area contributed by atoms with E-state index in [1.54, 1.807) is 0 Å². The fourth-order valence-corrected chi connectivity index (χ4v) is 4.88. The molecule has 2 N–H and O–H groups in total. The summed E-state index contributed by atoms with van der Waals surface area (Å²) in [5.41, 5.74) is 5.33. The second-order valence-corrected chi connectivity index (χ2v) is 8.05. The lowest BCUT2D eigenvalue weighted by atomic mass is 10.0. The molecular weight excluding hydrogens is 228 g/mol. The van der Waals surface area contributed by atoms with Crippen LogP contribution in [0.15, 0.2) is 0 Å². The van der Waals surface area contributed by atoms with E-state index in [1.807, 2.05) is 0 Å². The molecule has 0 aliphatic carbocycles. The predicted molar refractivity (Wildman–Crippen MR) is 52.7 cm³/mol. The zero-order chi connectivity index (χ0) is 11.0. The third kappa shape index (κ3) is 2.91. The summed E-state index contributed by atoms with van der Waals surface area (Å²) in [7, 11) is -7.12. The molecular formula is C6H14N2O4S2. The molecule has 0 aromatic rings. The zero-order valence-electron chi connectivity index (χ0n) is 7.88. The van der Waals surface area contributed by atoms with E-state index in [9.17, 15) is 16.8 Å². The first-order valence-electron chi connectivity index (χ1n) is 4.10. The minimum Gasteiger partial charge on any atom is -0.330 e. The maximum atomic E-state index is 11.4. The van der Waals surface area contributed by atoms with Crippen LogP contribution in [0, 0.1) is 5.92 Å². The topological polar surface area (TPSA) is 97.5 Å². The number of nitrogens with zero attached hydrogens (tertiary/aromatic N) is 1. The van der Waals surface area contributed by atoms with E-state index < -0.39 is 24.9 Å². The minimum atomic E-state index is -3.63. The summed E-state index contributed by atoms with van der Waals surface area (Å²) in [4.78, 5) is 0. The Kier molecular flexibility index (Phi) is 3.20. The summed E-state index contributed by atoms with van der Waals surface area (Å²) in [5, 5.41) is -0.808. The molecule has 0 radical (unpaired) electrons. The van der Waals surface area contributed by atoms with Gasteiger partial charge in [-0.1, -0.05) is 0 Å². The Bertz CT molecular complexity index is 394. The smallest absolute Gasteiger partial charge is 0.228 e. The van der Waals surface area contributed by atoms with E-state index in [2.05, 4.69) is 0 Å². The Morgan fingerprint density at radius 1 is 1.29 bits per heavy atom. The van der Waals surface area contributed by atoms with Crippen molar-refractivity contribution in [2.75, 3.05) is 31.0 Å². The van der Waals surface area contributed by atoms with Crippen LogP contribution in [0.4, 0.5) is 0 Å². The van der Waals surface area contributed by atoms with Gasteiger partial charge in [0.15, 0.2) is 14.9 Å². The van der Waals surface area contributed by atoms with Crippen molar-refractivity contribution in [1.82, 2.24) is 4.31 Å². The fourth-order valence-electron chi connectivity index (χ4n) is 1.24. The van der Waals surface area contributed by atoms with E-state index in [4.69, 9.17) is 5.73 Å². The van der Waals surface area contributed by atoms with Gasteiger partial charge < -0.3 is 5.73 Å². The third-order valence-corrected chi connectivity index (χ3v) is 6.00. The molecule has 1 saturated heterocycles. The average molecular weight is 242 g/mol. The quantitative estimate of drug-likeness (QED) is 0.628. The molecule has 1 fully saturated rings. The van der Waals surface area contributed by atoms with Crippen molar-refractivity contribution < 1.29 is 16.8 Å². The maximum Gasteiger partial charge on any atom is 0.228 e. The van der Waals surface area contributed by atoms with Gasteiger partial charge >= 0.3 is 0 Å². The largest absolute Gasteiger partial charge is 0.330 e. The lowest BCUT2D eigenvalue weighted by Gasteiger charge is -2.37. The van der Waals surface area contributed by atoms with E-state index in [1.165, 1.54) is 0 Å². The minimum absolute atomic E-state index is 0.171. The fraction of sp³-hybridized carbons (Fsp3) is 1.00. The van der Waals surface area contributed by atoms with Crippen LogP contribution in [0.1, 0.15) is 0 Å². The Morgan fingerprint density at radius 3 is 2.14 bits per heavy atom. The summed E-state index contributed by atoms with van der Waals surface area (Å²) >= 11 is 0. The van der Waals surface area contributed by atoms with Gasteiger partial charge in [-0.15, -0.1) is 0 Å². The monoisotopic (exact) mass is 242 g/mol. The Labute approximate surface area is 84.0 Å². The maximum absolute atomic E-state index is 11.4. The Balaban J connectivity index is 2.62. The number of sulfone groups is 1. The molecule has 0 aromatic heterocycles. The van der Waals surface area contributed by atoms with Crippen LogP contribution in [0.25, 0.3) is 0 Å². The van der Waals surface area contributed by atoms with Crippen molar-refractivity contribution in [3.63, 3.8) is 0 Å². The van der Waals surface area contributed by atoms with Gasteiger partial charge in [0, 0.05) is 19.3 Å². The molecule has 0 atom stereocenters. The normalized spacial score (nSPS) is 20.7. The van der Waals surface area contributed by atoms with Crippen molar-refractivity contribution in [1.29, 1.82) is 0 Å². The first kappa shape index (κ1) is 11.9. The first-order chi connectivity index (χ1) is 6.24. The molecule has 0 amide bonds. The summed E-state index contributed by atoms with van der Waals surface area (Å²) in [5.74, 6) is 0.171. The molecule has 14 heavy (non-hydrogen) atoms. The van der Waals surface area contributed by atoms with Crippen LogP contribution in [-0.4, -0.2) is 52.1 Å². The molecule has 8 heteroatoms. The molecule has 6 nitrogen and oxygen atoms in total. The predicted octanol–water partition coefficient (Wildman–Crippen LogP) is -1.79. The first-order valence-corrected chi connectivity index (χ1v) is 7.77. The van der Waals surface area contributed by atoms with Crippen molar-refractivity contribution in [2.24, 2.45) is 11.7 Å². The number of sulfonamides is 1. The van der Waals surface area contributed by atoms with Gasteiger partial charge in [-0.3, -0.25) is 0 Å². The number of hydrogen-bond donors (Lipinski definition) is 1. The highest BCUT2D eigenvalue weighted by atomic mass is 32.3. The van der Waals surface area contributed by atoms with Gasteiger partial charge in [0.1, 0.15) is 0 Å². The molecule has 0 spiro atoms. The second kappa shape index (κ2) is 3.76. The van der Waals surface area contributed by atoms with Crippen LogP contribution in [0.5, 0.6) is 0 Å². The summed E-state index contributed by atoms with van der Waals surface area (Å²) in [6.45, 7) is 1.12. The van der Waals surface area contributed by atoms with Gasteiger partial charge in [0.2, 0.25) is 10.0 Å². The molecule has 0 unspecified atom stereocenters. The molecule has 1 rings (SSSR count). The van der Waals surface area contributed by atoms with Gasteiger partial charge in [0.25, 0.3) is 0 Å². The Morgan fingerprint density at radius 2 is 1.79 bits per heavy atom. The van der Waals surface area contributed by atoms with Gasteiger partial charge in [0.05, 0.1) is 0 Å². The molecule has 0 aromatic carbocycles. The SMILES string of the molecule is CS(=O)(=O)CS(=O)(=O)N1CC(CN)C1. The summed E-state index contributed by atoms with van der Waals surface area (Å²) in [6.07, 6.45) is 0.907. The van der Waals surface area contributed by atoms with Gasteiger partial charge in [-0.05, 0) is 12.5 Å². The van der Waals surface area contributed by atoms with E-state index in [0.717, 1.165) is 10.6 Å². The molecule has 1 aliphatic rings. The summed E-state index contributed by atoms with van der Waals surface area (Å²) < 4.78 is 45.6. The second-order valence-electron chi connectivity index (χ2n) is 3.57. The van der Waals surface area contributed by atoms with E-state index in [-0.39, 0.29) is 5.92 Å². The van der Waals surface area contributed by atoms with E-state index >= 15 is 0 Å². The van der Waals surface area contributed by atoms with Gasteiger partial charge in [-0.2, -0.15) is 0 Å². The number of hydrogen-bond acceptors (Lipinski definition) is 5. The highest BCUT2D eigenvalue weighted by Gasteiger charge is 2.36. The molecule has 1 heterocycles. The lowest BCUT2D eigenvalue weighted by molar-refractivity contribution is 0.208. The highest BCUT2D eigenvalue weighted by molar-refractivity contribution is 8.06. The van der Waals surface area contributed by atoms with E-state index in [0.29, 0.717) is 19.6 Å². The zero-order valence-corrected chi connectivity index (χ0v) is 9.51. The van der Waals surface area contributed by atoms with Crippen molar-refractivity contribution in [3.05, 3.63) is 0 Å². The average Bonchev–Trinajstić information content (AvgIpc) is 1.76. The van der Waals surface area contributed by atoms with Crippen molar-refractivity contribution in [3.8, 4) is 0 Å². The number of nitrogens with two attached hydrogens (primary N) is 1. The lowest BCUT2D eigenvalue weighted by Crippen LogP contribution is -2.53. The molecule has 0 saturated carbocycles. The standard InChI is InChI=1S/C6H14N2O4S2/c1-13(9,10)5-14(11,12)8-3-6(2-7)4-8/h6H,2-5,7H2,1H3.